The number of aliphatic hydroxyl groups excluding tert-OH is 2. The topological polar surface area (TPSA) is 129 Å². The van der Waals surface area contributed by atoms with Gasteiger partial charge in [-0.2, -0.15) is 0 Å². The lowest BCUT2D eigenvalue weighted by Crippen LogP contribution is -2.34. The van der Waals surface area contributed by atoms with Gasteiger partial charge in [-0.1, -0.05) is 24.3 Å². The highest BCUT2D eigenvalue weighted by molar-refractivity contribution is 5.81. The predicted molar refractivity (Wildman–Crippen MR) is 99.1 cm³/mol. The number of fused-ring (bicyclic) bond motifs is 2. The van der Waals surface area contributed by atoms with Crippen LogP contribution in [0.4, 0.5) is 5.82 Å². The number of nitrogens with two attached hydrogens (primary N) is 1. The highest BCUT2D eigenvalue weighted by Crippen LogP contribution is 2.36. The van der Waals surface area contributed by atoms with Gasteiger partial charge in [0, 0.05) is 0 Å². The molecule has 2 aliphatic rings. The second-order valence-electron chi connectivity index (χ2n) is 7.19. The van der Waals surface area contributed by atoms with E-state index in [-0.39, 0.29) is 18.5 Å². The lowest BCUT2D eigenvalue weighted by Gasteiger charge is -2.19. The summed E-state index contributed by atoms with van der Waals surface area (Å²) >= 11 is 0. The van der Waals surface area contributed by atoms with E-state index < -0.39 is 24.5 Å². The zero-order valence-electron chi connectivity index (χ0n) is 15.0. The first-order valence-electron chi connectivity index (χ1n) is 9.27. The molecule has 1 fully saturated rings. The molecule has 146 valence electrons. The standard InChI is InChI=1S/C19H21N5O4/c20-17-14-18(22-8-21-17)24(9-23-14)19-16(26)15(25)13(28-19)7-27-12-6-5-10-3-1-2-4-11(10)12/h1-4,8-9,12-13,15-16,19,25-26H,5-7H2,(H2,20,21,22)/t12-,13-,15-,16-,19-/m1/s1. The fourth-order valence-corrected chi connectivity index (χ4v) is 4.06. The van der Waals surface area contributed by atoms with E-state index in [1.807, 2.05) is 12.1 Å². The molecule has 3 aromatic rings. The molecule has 28 heavy (non-hydrogen) atoms. The van der Waals surface area contributed by atoms with Gasteiger partial charge in [0.15, 0.2) is 17.7 Å². The van der Waals surface area contributed by atoms with Crippen LogP contribution in [0.3, 0.4) is 0 Å². The lowest BCUT2D eigenvalue weighted by atomic mass is 10.1. The van der Waals surface area contributed by atoms with E-state index in [0.29, 0.717) is 11.2 Å². The average molecular weight is 383 g/mol. The van der Waals surface area contributed by atoms with Crippen LogP contribution in [0.25, 0.3) is 11.2 Å². The van der Waals surface area contributed by atoms with Gasteiger partial charge in [0.05, 0.1) is 19.0 Å². The molecule has 5 atom stereocenters. The zero-order valence-corrected chi connectivity index (χ0v) is 15.0. The van der Waals surface area contributed by atoms with E-state index in [1.165, 1.54) is 23.8 Å². The maximum Gasteiger partial charge on any atom is 0.167 e. The molecule has 3 heterocycles. The number of hydrogen-bond acceptors (Lipinski definition) is 8. The number of nitrogen functional groups attached to an aromatic ring is 1. The average Bonchev–Trinajstić information content (AvgIpc) is 3.39. The molecule has 0 spiro atoms. The van der Waals surface area contributed by atoms with Crippen LogP contribution < -0.4 is 5.73 Å². The van der Waals surface area contributed by atoms with Crippen LogP contribution >= 0.6 is 0 Å². The van der Waals surface area contributed by atoms with E-state index in [0.717, 1.165) is 12.8 Å². The number of aromatic nitrogens is 4. The van der Waals surface area contributed by atoms with Gasteiger partial charge < -0.3 is 25.4 Å². The number of nitrogens with zero attached hydrogens (tertiary/aromatic N) is 4. The Balaban J connectivity index is 1.32. The molecule has 1 aliphatic heterocycles. The Morgan fingerprint density at radius 3 is 2.93 bits per heavy atom. The molecule has 5 rings (SSSR count). The number of benzene rings is 1. The van der Waals surface area contributed by atoms with Crippen LogP contribution in [0, 0.1) is 0 Å². The molecule has 2 aromatic heterocycles. The van der Waals surface area contributed by atoms with E-state index in [1.54, 1.807) is 4.57 Å². The number of ether oxygens (including phenoxy) is 2. The molecule has 0 amide bonds. The summed E-state index contributed by atoms with van der Waals surface area (Å²) in [5.74, 6) is 0.247. The third kappa shape index (κ3) is 2.75. The Bertz CT molecular complexity index is 1010. The number of hydrogen-bond donors (Lipinski definition) is 3. The highest BCUT2D eigenvalue weighted by atomic mass is 16.6. The number of aryl methyl sites for hydroxylation is 1. The Morgan fingerprint density at radius 2 is 2.04 bits per heavy atom. The quantitative estimate of drug-likeness (QED) is 0.601. The fourth-order valence-electron chi connectivity index (χ4n) is 4.06. The Kier molecular flexibility index (Phi) is 4.24. The first kappa shape index (κ1) is 17.5. The summed E-state index contributed by atoms with van der Waals surface area (Å²) < 4.78 is 13.5. The Morgan fingerprint density at radius 1 is 1.18 bits per heavy atom. The SMILES string of the molecule is Nc1ncnc2c1ncn2[C@@H]1O[C@H](CO[C@@H]2CCc3ccccc32)[C@@H](O)[C@H]1O. The van der Waals surface area contributed by atoms with E-state index in [4.69, 9.17) is 15.2 Å². The molecule has 1 aliphatic carbocycles. The van der Waals surface area contributed by atoms with Crippen LogP contribution in [0.5, 0.6) is 0 Å². The highest BCUT2D eigenvalue weighted by Gasteiger charge is 2.44. The van der Waals surface area contributed by atoms with Crippen LogP contribution in [0.1, 0.15) is 29.9 Å². The second kappa shape index (κ2) is 6.78. The van der Waals surface area contributed by atoms with Crippen molar-refractivity contribution in [3.63, 3.8) is 0 Å². The van der Waals surface area contributed by atoms with Crippen LogP contribution in [0.15, 0.2) is 36.9 Å². The third-order valence-corrected chi connectivity index (χ3v) is 5.54. The number of aliphatic hydroxyl groups is 2. The molecule has 0 bridgehead atoms. The Labute approximate surface area is 160 Å². The van der Waals surface area contributed by atoms with Gasteiger partial charge in [0.2, 0.25) is 0 Å². The van der Waals surface area contributed by atoms with Crippen molar-refractivity contribution >= 4 is 17.0 Å². The fraction of sp³-hybridized carbons (Fsp3) is 0.421. The largest absolute Gasteiger partial charge is 0.387 e. The van der Waals surface area contributed by atoms with Gasteiger partial charge >= 0.3 is 0 Å². The number of imidazole rings is 1. The molecule has 1 aromatic carbocycles. The first-order chi connectivity index (χ1) is 13.6. The molecule has 9 nitrogen and oxygen atoms in total. The van der Waals surface area contributed by atoms with Crippen LogP contribution in [-0.4, -0.2) is 54.7 Å². The van der Waals surface area contributed by atoms with Crippen molar-refractivity contribution in [2.45, 2.75) is 43.5 Å². The maximum atomic E-state index is 10.5. The summed E-state index contributed by atoms with van der Waals surface area (Å²) in [6.45, 7) is 0.178. The Hall–Kier alpha value is -2.59. The van der Waals surface area contributed by atoms with E-state index >= 15 is 0 Å². The van der Waals surface area contributed by atoms with Crippen molar-refractivity contribution in [1.29, 1.82) is 0 Å². The molecule has 4 N–H and O–H groups in total. The van der Waals surface area contributed by atoms with Crippen molar-refractivity contribution < 1.29 is 19.7 Å². The normalized spacial score (nSPS) is 29.4. The van der Waals surface area contributed by atoms with Crippen molar-refractivity contribution in [2.75, 3.05) is 12.3 Å². The smallest absolute Gasteiger partial charge is 0.167 e. The van der Waals surface area contributed by atoms with Gasteiger partial charge in [0.25, 0.3) is 0 Å². The van der Waals surface area contributed by atoms with Gasteiger partial charge in [0.1, 0.15) is 30.2 Å². The van der Waals surface area contributed by atoms with Gasteiger partial charge in [-0.05, 0) is 24.0 Å². The van der Waals surface area contributed by atoms with Crippen molar-refractivity contribution in [1.82, 2.24) is 19.5 Å². The van der Waals surface area contributed by atoms with E-state index in [9.17, 15) is 10.2 Å². The predicted octanol–water partition coefficient (Wildman–Crippen LogP) is 0.732. The van der Waals surface area contributed by atoms with Gasteiger partial charge in [-0.25, -0.2) is 15.0 Å². The molecule has 0 radical (unpaired) electrons. The molecule has 0 unspecified atom stereocenters. The summed E-state index contributed by atoms with van der Waals surface area (Å²) in [6, 6.07) is 8.20. The van der Waals surface area contributed by atoms with Crippen molar-refractivity contribution in [3.8, 4) is 0 Å². The minimum absolute atomic E-state index is 0.0233. The summed E-state index contributed by atoms with van der Waals surface area (Å²) in [6.07, 6.45) is 0.932. The van der Waals surface area contributed by atoms with Crippen molar-refractivity contribution in [2.24, 2.45) is 0 Å². The summed E-state index contributed by atoms with van der Waals surface area (Å²) in [4.78, 5) is 12.3. The van der Waals surface area contributed by atoms with Gasteiger partial charge in [-0.15, -0.1) is 0 Å². The number of anilines is 1. The third-order valence-electron chi connectivity index (χ3n) is 5.54. The summed E-state index contributed by atoms with van der Waals surface area (Å²) in [5, 5.41) is 21.0. The molecule has 1 saturated heterocycles. The zero-order chi connectivity index (χ0) is 19.3. The summed E-state index contributed by atoms with van der Waals surface area (Å²) in [7, 11) is 0. The molecule has 0 saturated carbocycles. The molecular weight excluding hydrogens is 362 g/mol. The maximum absolute atomic E-state index is 10.5. The lowest BCUT2D eigenvalue weighted by molar-refractivity contribution is -0.0813. The minimum atomic E-state index is -1.14. The molecule has 9 heteroatoms. The number of rotatable bonds is 4. The first-order valence-corrected chi connectivity index (χ1v) is 9.27. The second-order valence-corrected chi connectivity index (χ2v) is 7.19. The minimum Gasteiger partial charge on any atom is -0.387 e. The summed E-state index contributed by atoms with van der Waals surface area (Å²) in [5.41, 5.74) is 9.15. The van der Waals surface area contributed by atoms with Crippen molar-refractivity contribution in [3.05, 3.63) is 48.0 Å². The monoisotopic (exact) mass is 383 g/mol. The van der Waals surface area contributed by atoms with Gasteiger partial charge in [-0.3, -0.25) is 4.57 Å². The van der Waals surface area contributed by atoms with E-state index in [2.05, 4.69) is 27.1 Å². The molecular formula is C19H21N5O4. The van der Waals surface area contributed by atoms with Crippen LogP contribution in [-0.2, 0) is 15.9 Å². The van der Waals surface area contributed by atoms with Crippen LogP contribution in [0.2, 0.25) is 0 Å².